The van der Waals surface area contributed by atoms with Crippen LogP contribution in [0.1, 0.15) is 45.4 Å². The third kappa shape index (κ3) is 7.38. The van der Waals surface area contributed by atoms with Crippen LogP contribution in [0.4, 0.5) is 8.78 Å². The molecule has 0 saturated heterocycles. The van der Waals surface area contributed by atoms with Crippen molar-refractivity contribution in [1.82, 2.24) is 9.97 Å². The van der Waals surface area contributed by atoms with Crippen LogP contribution in [-0.4, -0.2) is 22.3 Å². The van der Waals surface area contributed by atoms with E-state index in [-0.39, 0.29) is 0 Å². The summed E-state index contributed by atoms with van der Waals surface area (Å²) in [6.45, 7) is 2.89. The molecule has 0 amide bonds. The van der Waals surface area contributed by atoms with Gasteiger partial charge in [0.25, 0.3) is 5.76 Å². The van der Waals surface area contributed by atoms with Gasteiger partial charge in [-0.05, 0) is 18.6 Å². The van der Waals surface area contributed by atoms with E-state index >= 15 is 0 Å². The Morgan fingerprint density at radius 2 is 1.60 bits per heavy atom. The quantitative estimate of drug-likeness (QED) is 0.350. The fraction of sp³-hybridized carbons (Fsp3) is 0.474. The second-order valence-corrected chi connectivity index (χ2v) is 6.82. The molecule has 0 unspecified atom stereocenters. The number of hydrogen-bond donors (Lipinski definition) is 0. The number of benzene rings is 1. The van der Waals surface area contributed by atoms with Crippen LogP contribution in [-0.2, 0) is 0 Å². The normalized spacial score (nSPS) is 11.0. The number of halogens is 2. The van der Waals surface area contributed by atoms with E-state index in [1.54, 1.807) is 36.7 Å². The van der Waals surface area contributed by atoms with Crippen LogP contribution >= 0.6 is 11.8 Å². The van der Waals surface area contributed by atoms with Gasteiger partial charge in [-0.15, -0.1) is 0 Å². The largest absolute Gasteiger partial charge is 0.490 e. The zero-order chi connectivity index (χ0) is 17.9. The molecule has 0 aliphatic heterocycles. The molecule has 3 nitrogen and oxygen atoms in total. The van der Waals surface area contributed by atoms with E-state index in [0.29, 0.717) is 34.8 Å². The summed E-state index contributed by atoms with van der Waals surface area (Å²) in [6, 6.07) is 6.80. The first-order chi connectivity index (χ1) is 12.2. The molecule has 0 saturated carbocycles. The van der Waals surface area contributed by atoms with Crippen LogP contribution in [0.5, 0.6) is 5.75 Å². The summed E-state index contributed by atoms with van der Waals surface area (Å²) in [4.78, 5) is 9.10. The predicted molar refractivity (Wildman–Crippen MR) is 98.2 cm³/mol. The van der Waals surface area contributed by atoms with E-state index in [4.69, 9.17) is 4.74 Å². The fourth-order valence-corrected chi connectivity index (χ4v) is 2.90. The average Bonchev–Trinajstić information content (AvgIpc) is 2.62. The lowest BCUT2D eigenvalue weighted by atomic mass is 10.1. The standard InChI is InChI=1S/C19H24F2N2OS/c1-2-3-4-5-6-7-12-24-16-13-22-18(23-14-16)15-8-10-17(11-9-15)25-19(20)21/h8-11,13-14,19H,2-7,12H2,1H3. The van der Waals surface area contributed by atoms with Crippen LogP contribution in [0.3, 0.4) is 0 Å². The average molecular weight is 366 g/mol. The Bertz CT molecular complexity index is 606. The van der Waals surface area contributed by atoms with Crippen LogP contribution in [0, 0.1) is 0 Å². The summed E-state index contributed by atoms with van der Waals surface area (Å²) >= 11 is 0.528. The molecule has 136 valence electrons. The molecule has 6 heteroatoms. The van der Waals surface area contributed by atoms with Crippen molar-refractivity contribution < 1.29 is 13.5 Å². The van der Waals surface area contributed by atoms with E-state index in [1.807, 2.05) is 0 Å². The number of unbranched alkanes of at least 4 members (excludes halogenated alkanes) is 5. The van der Waals surface area contributed by atoms with Crippen LogP contribution in [0.2, 0.25) is 0 Å². The number of rotatable bonds is 11. The Kier molecular flexibility index (Phi) is 8.66. The molecule has 0 fully saturated rings. The van der Waals surface area contributed by atoms with Crippen molar-refractivity contribution in [1.29, 1.82) is 0 Å². The maximum Gasteiger partial charge on any atom is 0.288 e. The Balaban J connectivity index is 1.77. The summed E-state index contributed by atoms with van der Waals surface area (Å²) in [5.74, 6) is -1.20. The molecular formula is C19H24F2N2OS. The summed E-state index contributed by atoms with van der Waals surface area (Å²) < 4.78 is 30.3. The van der Waals surface area contributed by atoms with Gasteiger partial charge in [-0.3, -0.25) is 0 Å². The van der Waals surface area contributed by atoms with Crippen molar-refractivity contribution in [3.63, 3.8) is 0 Å². The summed E-state index contributed by atoms with van der Waals surface area (Å²) in [6.07, 6.45) is 10.6. The molecule has 0 spiro atoms. The molecule has 2 rings (SSSR count). The predicted octanol–water partition coefficient (Wildman–Crippen LogP) is 6.20. The molecule has 0 aliphatic rings. The van der Waals surface area contributed by atoms with E-state index in [0.717, 1.165) is 12.0 Å². The number of alkyl halides is 2. The highest BCUT2D eigenvalue weighted by Crippen LogP contribution is 2.27. The number of aromatic nitrogens is 2. The number of hydrogen-bond acceptors (Lipinski definition) is 4. The SMILES string of the molecule is CCCCCCCCOc1cnc(-c2ccc(SC(F)F)cc2)nc1. The van der Waals surface area contributed by atoms with Gasteiger partial charge in [0.1, 0.15) is 0 Å². The van der Waals surface area contributed by atoms with Gasteiger partial charge in [0.05, 0.1) is 19.0 Å². The van der Waals surface area contributed by atoms with Gasteiger partial charge in [0.2, 0.25) is 0 Å². The van der Waals surface area contributed by atoms with Crippen molar-refractivity contribution in [2.45, 2.75) is 56.1 Å². The molecule has 0 atom stereocenters. The molecule has 0 N–H and O–H groups in total. The highest BCUT2D eigenvalue weighted by atomic mass is 32.2. The van der Waals surface area contributed by atoms with Crippen molar-refractivity contribution in [3.8, 4) is 17.1 Å². The Morgan fingerprint density at radius 1 is 0.960 bits per heavy atom. The number of ether oxygens (including phenoxy) is 1. The van der Waals surface area contributed by atoms with E-state index in [9.17, 15) is 8.78 Å². The van der Waals surface area contributed by atoms with E-state index in [2.05, 4.69) is 16.9 Å². The minimum Gasteiger partial charge on any atom is -0.490 e. The van der Waals surface area contributed by atoms with Gasteiger partial charge in [-0.1, -0.05) is 62.9 Å². The van der Waals surface area contributed by atoms with Crippen molar-refractivity contribution in [3.05, 3.63) is 36.7 Å². The second kappa shape index (κ2) is 11.0. The third-order valence-corrected chi connectivity index (χ3v) is 4.45. The van der Waals surface area contributed by atoms with Gasteiger partial charge < -0.3 is 4.74 Å². The zero-order valence-corrected chi connectivity index (χ0v) is 15.3. The van der Waals surface area contributed by atoms with E-state index < -0.39 is 5.76 Å². The van der Waals surface area contributed by atoms with Crippen LogP contribution in [0.15, 0.2) is 41.6 Å². The molecule has 1 heterocycles. The first-order valence-electron chi connectivity index (χ1n) is 8.69. The molecule has 0 aliphatic carbocycles. The topological polar surface area (TPSA) is 35.0 Å². The lowest BCUT2D eigenvalue weighted by Gasteiger charge is -2.07. The Morgan fingerprint density at radius 3 is 2.24 bits per heavy atom. The van der Waals surface area contributed by atoms with Crippen LogP contribution in [0.25, 0.3) is 11.4 Å². The lowest BCUT2D eigenvalue weighted by molar-refractivity contribution is 0.252. The van der Waals surface area contributed by atoms with Gasteiger partial charge in [0.15, 0.2) is 11.6 Å². The van der Waals surface area contributed by atoms with Gasteiger partial charge >= 0.3 is 0 Å². The first kappa shape index (κ1) is 19.6. The second-order valence-electron chi connectivity index (χ2n) is 5.76. The van der Waals surface area contributed by atoms with Gasteiger partial charge in [-0.2, -0.15) is 8.78 Å². The van der Waals surface area contributed by atoms with Crippen molar-refractivity contribution in [2.24, 2.45) is 0 Å². The molecular weight excluding hydrogens is 342 g/mol. The number of thioether (sulfide) groups is 1. The highest BCUT2D eigenvalue weighted by molar-refractivity contribution is 7.99. The maximum absolute atomic E-state index is 12.3. The zero-order valence-electron chi connectivity index (χ0n) is 14.5. The summed E-state index contributed by atoms with van der Waals surface area (Å²) in [5, 5.41) is 0. The van der Waals surface area contributed by atoms with E-state index in [1.165, 1.54) is 32.1 Å². The highest BCUT2D eigenvalue weighted by Gasteiger charge is 2.07. The minimum atomic E-state index is -2.41. The monoisotopic (exact) mass is 366 g/mol. The number of nitrogens with zero attached hydrogens (tertiary/aromatic N) is 2. The Labute approximate surface area is 152 Å². The Hall–Kier alpha value is -1.69. The minimum absolute atomic E-state index is 0.526. The summed E-state index contributed by atoms with van der Waals surface area (Å²) in [7, 11) is 0. The van der Waals surface area contributed by atoms with Crippen molar-refractivity contribution in [2.75, 3.05) is 6.61 Å². The maximum atomic E-state index is 12.3. The smallest absolute Gasteiger partial charge is 0.288 e. The first-order valence-corrected chi connectivity index (χ1v) is 9.57. The lowest BCUT2D eigenvalue weighted by Crippen LogP contribution is -1.99. The van der Waals surface area contributed by atoms with Crippen LogP contribution < -0.4 is 4.74 Å². The molecule has 0 radical (unpaired) electrons. The van der Waals surface area contributed by atoms with Crippen molar-refractivity contribution >= 4 is 11.8 Å². The third-order valence-electron chi connectivity index (χ3n) is 3.73. The summed E-state index contributed by atoms with van der Waals surface area (Å²) in [5.41, 5.74) is 0.793. The molecule has 2 aromatic rings. The molecule has 1 aromatic heterocycles. The molecule has 25 heavy (non-hydrogen) atoms. The fourth-order valence-electron chi connectivity index (χ4n) is 2.40. The molecule has 0 bridgehead atoms. The van der Waals surface area contributed by atoms with Gasteiger partial charge in [-0.25, -0.2) is 9.97 Å². The van der Waals surface area contributed by atoms with Gasteiger partial charge in [0, 0.05) is 10.5 Å². The molecule has 1 aromatic carbocycles.